The lowest BCUT2D eigenvalue weighted by Gasteiger charge is -2.30. The van der Waals surface area contributed by atoms with Gasteiger partial charge in [0.1, 0.15) is 5.82 Å². The predicted octanol–water partition coefficient (Wildman–Crippen LogP) is 0.901. The highest BCUT2D eigenvalue weighted by molar-refractivity contribution is 7.89. The van der Waals surface area contributed by atoms with Crippen molar-refractivity contribution in [3.05, 3.63) is 12.0 Å². The van der Waals surface area contributed by atoms with Gasteiger partial charge in [-0.25, -0.2) is 13.4 Å². The number of nitrogens with zero attached hydrogens (tertiary/aromatic N) is 3. The van der Waals surface area contributed by atoms with E-state index in [1.807, 2.05) is 13.8 Å². The molecule has 0 atom stereocenters. The first-order valence-electron chi connectivity index (χ1n) is 7.99. The molecule has 2 rings (SSSR count). The molecule has 0 unspecified atom stereocenters. The molecule has 130 valence electrons. The van der Waals surface area contributed by atoms with Gasteiger partial charge in [0.05, 0.1) is 0 Å². The molecule has 0 radical (unpaired) electrons. The third-order valence-electron chi connectivity index (χ3n) is 4.20. The lowest BCUT2D eigenvalue weighted by molar-refractivity contribution is -0.126. The van der Waals surface area contributed by atoms with E-state index in [-0.39, 0.29) is 16.9 Å². The minimum absolute atomic E-state index is 0.0319. The van der Waals surface area contributed by atoms with Crippen molar-refractivity contribution < 1.29 is 13.2 Å². The molecule has 1 amide bonds. The predicted molar refractivity (Wildman–Crippen MR) is 87.3 cm³/mol. The van der Waals surface area contributed by atoms with Crippen LogP contribution in [0, 0.1) is 18.8 Å². The van der Waals surface area contributed by atoms with E-state index in [4.69, 9.17) is 0 Å². The first kappa shape index (κ1) is 17.9. The van der Waals surface area contributed by atoms with Gasteiger partial charge >= 0.3 is 0 Å². The minimum atomic E-state index is -3.57. The number of carbonyl (C=O) groups excluding carboxylic acids is 1. The molecule has 1 aromatic heterocycles. The summed E-state index contributed by atoms with van der Waals surface area (Å²) in [6, 6.07) is 0. The molecule has 1 aliphatic rings. The Balaban J connectivity index is 1.97. The van der Waals surface area contributed by atoms with Crippen molar-refractivity contribution in [1.29, 1.82) is 0 Å². The van der Waals surface area contributed by atoms with Crippen LogP contribution < -0.4 is 5.32 Å². The zero-order valence-electron chi connectivity index (χ0n) is 14.2. The molecule has 2 heterocycles. The highest BCUT2D eigenvalue weighted by atomic mass is 32.2. The van der Waals surface area contributed by atoms with E-state index < -0.39 is 10.0 Å². The number of aryl methyl sites for hydroxylation is 2. The standard InChI is InChI=1S/C15H26N4O3S/c1-11(2)9-16-15(20)13-5-7-19(8-6-13)23(21,22)14-10-18(4)12(3)17-14/h10-11,13H,5-9H2,1-4H3,(H,16,20). The molecule has 23 heavy (non-hydrogen) atoms. The molecule has 1 saturated heterocycles. The van der Waals surface area contributed by atoms with Crippen molar-refractivity contribution in [2.45, 2.75) is 38.6 Å². The maximum absolute atomic E-state index is 12.6. The molecule has 1 N–H and O–H groups in total. The van der Waals surface area contributed by atoms with Gasteiger partial charge in [-0.05, 0) is 25.7 Å². The van der Waals surface area contributed by atoms with Crippen molar-refractivity contribution in [3.8, 4) is 0 Å². The molecule has 7 nitrogen and oxygen atoms in total. The Labute approximate surface area is 138 Å². The molecule has 0 saturated carbocycles. The molecular weight excluding hydrogens is 316 g/mol. The van der Waals surface area contributed by atoms with E-state index in [1.165, 1.54) is 10.5 Å². The Morgan fingerprint density at radius 1 is 1.39 bits per heavy atom. The summed E-state index contributed by atoms with van der Waals surface area (Å²) in [6.07, 6.45) is 2.63. The van der Waals surface area contributed by atoms with E-state index >= 15 is 0 Å². The number of nitrogens with one attached hydrogen (secondary N) is 1. The average molecular weight is 342 g/mol. The van der Waals surface area contributed by atoms with Gasteiger partial charge in [-0.2, -0.15) is 4.31 Å². The second kappa shape index (κ2) is 7.00. The first-order valence-corrected chi connectivity index (χ1v) is 9.43. The van der Waals surface area contributed by atoms with E-state index in [2.05, 4.69) is 10.3 Å². The van der Waals surface area contributed by atoms with Crippen LogP contribution in [-0.2, 0) is 21.9 Å². The van der Waals surface area contributed by atoms with E-state index in [0.717, 1.165) is 0 Å². The lowest BCUT2D eigenvalue weighted by Crippen LogP contribution is -2.43. The second-order valence-electron chi connectivity index (χ2n) is 6.55. The molecule has 8 heteroatoms. The molecule has 1 aliphatic heterocycles. The van der Waals surface area contributed by atoms with Gasteiger partial charge in [-0.15, -0.1) is 0 Å². The van der Waals surface area contributed by atoms with Crippen molar-refractivity contribution in [3.63, 3.8) is 0 Å². The Morgan fingerprint density at radius 3 is 2.48 bits per heavy atom. The molecule has 0 spiro atoms. The van der Waals surface area contributed by atoms with Gasteiger partial charge in [0, 0.05) is 38.8 Å². The maximum Gasteiger partial charge on any atom is 0.262 e. The number of carbonyl (C=O) groups is 1. The number of hydrogen-bond acceptors (Lipinski definition) is 4. The van der Waals surface area contributed by atoms with Gasteiger partial charge in [-0.3, -0.25) is 4.79 Å². The number of imidazole rings is 1. The minimum Gasteiger partial charge on any atom is -0.356 e. The van der Waals surface area contributed by atoms with Crippen molar-refractivity contribution in [2.24, 2.45) is 18.9 Å². The van der Waals surface area contributed by atoms with Gasteiger partial charge in [0.2, 0.25) is 5.91 Å². The average Bonchev–Trinajstić information content (AvgIpc) is 2.85. The Hall–Kier alpha value is -1.41. The highest BCUT2D eigenvalue weighted by Gasteiger charge is 2.33. The van der Waals surface area contributed by atoms with Crippen LogP contribution in [0.3, 0.4) is 0 Å². The molecule has 1 fully saturated rings. The summed E-state index contributed by atoms with van der Waals surface area (Å²) in [4.78, 5) is 16.2. The summed E-state index contributed by atoms with van der Waals surface area (Å²) in [5.74, 6) is 0.994. The number of aromatic nitrogens is 2. The van der Waals surface area contributed by atoms with Crippen LogP contribution in [0.25, 0.3) is 0 Å². The number of amides is 1. The van der Waals surface area contributed by atoms with E-state index in [1.54, 1.807) is 18.5 Å². The normalized spacial score (nSPS) is 17.6. The van der Waals surface area contributed by atoms with E-state index in [9.17, 15) is 13.2 Å². The summed E-state index contributed by atoms with van der Waals surface area (Å²) in [7, 11) is -1.80. The summed E-state index contributed by atoms with van der Waals surface area (Å²) in [5, 5.41) is 3.01. The largest absolute Gasteiger partial charge is 0.356 e. The summed E-state index contributed by atoms with van der Waals surface area (Å²) in [5.41, 5.74) is 0. The Bertz CT molecular complexity index is 639. The molecule has 1 aromatic rings. The van der Waals surface area contributed by atoms with Gasteiger partial charge in [0.25, 0.3) is 10.0 Å². The topological polar surface area (TPSA) is 84.3 Å². The van der Waals surface area contributed by atoms with Gasteiger partial charge in [-0.1, -0.05) is 13.8 Å². The van der Waals surface area contributed by atoms with Crippen LogP contribution in [0.5, 0.6) is 0 Å². The molecular formula is C15H26N4O3S. The summed E-state index contributed by atoms with van der Waals surface area (Å²) < 4.78 is 28.3. The summed E-state index contributed by atoms with van der Waals surface area (Å²) in [6.45, 7) is 7.24. The lowest BCUT2D eigenvalue weighted by atomic mass is 9.97. The number of hydrogen-bond donors (Lipinski definition) is 1. The molecule has 0 aliphatic carbocycles. The van der Waals surface area contributed by atoms with Crippen molar-refractivity contribution in [2.75, 3.05) is 19.6 Å². The quantitative estimate of drug-likeness (QED) is 0.862. The number of piperidine rings is 1. The van der Waals surface area contributed by atoms with Crippen LogP contribution in [0.1, 0.15) is 32.5 Å². The van der Waals surface area contributed by atoms with Crippen LogP contribution in [-0.4, -0.2) is 47.8 Å². The third kappa shape index (κ3) is 4.11. The fraction of sp³-hybridized carbons (Fsp3) is 0.733. The summed E-state index contributed by atoms with van der Waals surface area (Å²) >= 11 is 0. The SMILES string of the molecule is Cc1nc(S(=O)(=O)N2CCC(C(=O)NCC(C)C)CC2)cn1C. The zero-order chi connectivity index (χ0) is 17.2. The second-order valence-corrected chi connectivity index (χ2v) is 8.44. The fourth-order valence-electron chi connectivity index (χ4n) is 2.59. The molecule has 0 bridgehead atoms. The van der Waals surface area contributed by atoms with Crippen molar-refractivity contribution >= 4 is 15.9 Å². The maximum atomic E-state index is 12.6. The van der Waals surface area contributed by atoms with Gasteiger partial charge < -0.3 is 9.88 Å². The highest BCUT2D eigenvalue weighted by Crippen LogP contribution is 2.23. The van der Waals surface area contributed by atoms with Crippen LogP contribution >= 0.6 is 0 Å². The number of rotatable bonds is 5. The first-order chi connectivity index (χ1) is 10.7. The van der Waals surface area contributed by atoms with Crippen LogP contribution in [0.15, 0.2) is 11.2 Å². The van der Waals surface area contributed by atoms with Crippen LogP contribution in [0.2, 0.25) is 0 Å². The van der Waals surface area contributed by atoms with Crippen molar-refractivity contribution in [1.82, 2.24) is 19.2 Å². The van der Waals surface area contributed by atoms with E-state index in [0.29, 0.717) is 44.2 Å². The number of sulfonamides is 1. The Morgan fingerprint density at radius 2 is 2.00 bits per heavy atom. The fourth-order valence-corrected chi connectivity index (χ4v) is 4.09. The Kier molecular flexibility index (Phi) is 5.46. The van der Waals surface area contributed by atoms with Crippen LogP contribution in [0.4, 0.5) is 0 Å². The molecule has 0 aromatic carbocycles. The zero-order valence-corrected chi connectivity index (χ0v) is 15.1. The monoisotopic (exact) mass is 342 g/mol. The van der Waals surface area contributed by atoms with Gasteiger partial charge in [0.15, 0.2) is 5.03 Å². The third-order valence-corrected chi connectivity index (χ3v) is 5.97. The smallest absolute Gasteiger partial charge is 0.262 e.